The molecule has 4 heteroatoms. The summed E-state index contributed by atoms with van der Waals surface area (Å²) in [6, 6.07) is 0.559. The third-order valence-electron chi connectivity index (χ3n) is 2.82. The molecule has 0 radical (unpaired) electrons. The Balaban J connectivity index is 2.32. The van der Waals surface area contributed by atoms with Gasteiger partial charge in [0.05, 0.1) is 5.69 Å². The average molecular weight is 224 g/mol. The maximum Gasteiger partial charge on any atom is 0.0641 e. The summed E-state index contributed by atoms with van der Waals surface area (Å²) in [7, 11) is 1.99. The summed E-state index contributed by atoms with van der Waals surface area (Å²) in [5, 5.41) is 11.2. The first kappa shape index (κ1) is 13.2. The molecule has 0 aliphatic carbocycles. The van der Waals surface area contributed by atoms with E-state index in [9.17, 15) is 0 Å². The Morgan fingerprint density at radius 2 is 1.94 bits per heavy atom. The molecule has 0 aromatic carbocycles. The maximum absolute atomic E-state index is 4.40. The Labute approximate surface area is 98.4 Å². The van der Waals surface area contributed by atoms with Crippen LogP contribution in [0.1, 0.15) is 30.8 Å². The van der Waals surface area contributed by atoms with Crippen LogP contribution in [0.4, 0.5) is 0 Å². The molecule has 1 aromatic rings. The third-order valence-corrected chi connectivity index (χ3v) is 2.82. The lowest BCUT2D eigenvalue weighted by Crippen LogP contribution is -2.31. The molecule has 0 saturated heterocycles. The van der Waals surface area contributed by atoms with E-state index < -0.39 is 0 Å². The summed E-state index contributed by atoms with van der Waals surface area (Å²) in [5.41, 5.74) is 3.71. The van der Waals surface area contributed by atoms with E-state index >= 15 is 0 Å². The number of nitrogens with zero attached hydrogens (tertiary/aromatic N) is 2. The van der Waals surface area contributed by atoms with Crippen molar-refractivity contribution >= 4 is 0 Å². The molecule has 16 heavy (non-hydrogen) atoms. The molecule has 0 saturated carbocycles. The van der Waals surface area contributed by atoms with Gasteiger partial charge in [0.2, 0.25) is 0 Å². The predicted molar refractivity (Wildman–Crippen MR) is 67.5 cm³/mol. The van der Waals surface area contributed by atoms with E-state index in [4.69, 9.17) is 0 Å². The number of aryl methyl sites for hydroxylation is 2. The highest BCUT2D eigenvalue weighted by atomic mass is 15.3. The van der Waals surface area contributed by atoms with Crippen molar-refractivity contribution in [3.05, 3.63) is 17.0 Å². The van der Waals surface area contributed by atoms with E-state index in [0.717, 1.165) is 25.3 Å². The van der Waals surface area contributed by atoms with Gasteiger partial charge in [-0.3, -0.25) is 4.68 Å². The van der Waals surface area contributed by atoms with Crippen molar-refractivity contribution in [1.82, 2.24) is 20.4 Å². The van der Waals surface area contributed by atoms with E-state index in [2.05, 4.69) is 43.4 Å². The van der Waals surface area contributed by atoms with Crippen LogP contribution < -0.4 is 10.6 Å². The van der Waals surface area contributed by atoms with E-state index in [-0.39, 0.29) is 0 Å². The van der Waals surface area contributed by atoms with Crippen molar-refractivity contribution in [3.63, 3.8) is 0 Å². The lowest BCUT2D eigenvalue weighted by Gasteiger charge is -2.09. The lowest BCUT2D eigenvalue weighted by molar-refractivity contribution is 0.554. The summed E-state index contributed by atoms with van der Waals surface area (Å²) in [6.45, 7) is 11.4. The standard InChI is InChI=1S/C12H24N4/c1-9(2)14-7-6-13-8-12-10(3)15-16(5)11(12)4/h9,13-14H,6-8H2,1-5H3. The van der Waals surface area contributed by atoms with Gasteiger partial charge in [-0.15, -0.1) is 0 Å². The van der Waals surface area contributed by atoms with Crippen LogP contribution in [0, 0.1) is 13.8 Å². The van der Waals surface area contributed by atoms with Gasteiger partial charge in [0, 0.05) is 44.0 Å². The molecular weight excluding hydrogens is 200 g/mol. The molecule has 0 amide bonds. The predicted octanol–water partition coefficient (Wildman–Crippen LogP) is 1.12. The molecule has 4 nitrogen and oxygen atoms in total. The normalized spacial score (nSPS) is 11.4. The van der Waals surface area contributed by atoms with Gasteiger partial charge in [0.1, 0.15) is 0 Å². The minimum absolute atomic E-state index is 0.559. The van der Waals surface area contributed by atoms with Crippen molar-refractivity contribution in [3.8, 4) is 0 Å². The van der Waals surface area contributed by atoms with Gasteiger partial charge in [-0.2, -0.15) is 5.10 Å². The SMILES string of the molecule is Cc1nn(C)c(C)c1CNCCNC(C)C. The van der Waals surface area contributed by atoms with Crippen LogP contribution >= 0.6 is 0 Å². The highest BCUT2D eigenvalue weighted by molar-refractivity contribution is 5.23. The number of hydrogen-bond acceptors (Lipinski definition) is 3. The summed E-state index contributed by atoms with van der Waals surface area (Å²) >= 11 is 0. The number of hydrogen-bond donors (Lipinski definition) is 2. The molecule has 0 bridgehead atoms. The van der Waals surface area contributed by atoms with E-state index in [1.165, 1.54) is 11.3 Å². The Morgan fingerprint density at radius 3 is 2.44 bits per heavy atom. The fourth-order valence-corrected chi connectivity index (χ4v) is 1.74. The van der Waals surface area contributed by atoms with Gasteiger partial charge >= 0.3 is 0 Å². The second kappa shape index (κ2) is 6.01. The number of nitrogens with one attached hydrogen (secondary N) is 2. The number of aromatic nitrogens is 2. The first-order valence-corrected chi connectivity index (χ1v) is 5.95. The first-order chi connectivity index (χ1) is 7.52. The first-order valence-electron chi connectivity index (χ1n) is 5.95. The molecule has 1 aromatic heterocycles. The number of rotatable bonds is 6. The molecule has 0 fully saturated rings. The average Bonchev–Trinajstić information content (AvgIpc) is 2.43. The van der Waals surface area contributed by atoms with Crippen LogP contribution in [0.2, 0.25) is 0 Å². The topological polar surface area (TPSA) is 41.9 Å². The molecular formula is C12H24N4. The molecule has 0 aliphatic rings. The van der Waals surface area contributed by atoms with Crippen LogP contribution in [0.3, 0.4) is 0 Å². The molecule has 1 heterocycles. The zero-order valence-electron chi connectivity index (χ0n) is 11.1. The molecule has 0 unspecified atom stereocenters. The van der Waals surface area contributed by atoms with E-state index in [0.29, 0.717) is 6.04 Å². The Bertz CT molecular complexity index is 328. The highest BCUT2D eigenvalue weighted by Crippen LogP contribution is 2.10. The molecule has 1 rings (SSSR count). The highest BCUT2D eigenvalue weighted by Gasteiger charge is 2.07. The second-order valence-electron chi connectivity index (χ2n) is 4.56. The monoisotopic (exact) mass is 224 g/mol. The van der Waals surface area contributed by atoms with E-state index in [1.807, 2.05) is 11.7 Å². The Hall–Kier alpha value is -0.870. The summed E-state index contributed by atoms with van der Waals surface area (Å²) < 4.78 is 1.94. The van der Waals surface area contributed by atoms with Crippen molar-refractivity contribution in [2.24, 2.45) is 7.05 Å². The van der Waals surface area contributed by atoms with Crippen LogP contribution in [0.15, 0.2) is 0 Å². The minimum atomic E-state index is 0.559. The van der Waals surface area contributed by atoms with Gasteiger partial charge in [-0.05, 0) is 13.8 Å². The van der Waals surface area contributed by atoms with Gasteiger partial charge in [0.25, 0.3) is 0 Å². The molecule has 0 spiro atoms. The Kier molecular flexibility index (Phi) is 4.96. The quantitative estimate of drug-likeness (QED) is 0.712. The molecule has 0 atom stereocenters. The van der Waals surface area contributed by atoms with Gasteiger partial charge in [-0.1, -0.05) is 13.8 Å². The largest absolute Gasteiger partial charge is 0.313 e. The Morgan fingerprint density at radius 1 is 1.25 bits per heavy atom. The van der Waals surface area contributed by atoms with Crippen LogP contribution in [-0.4, -0.2) is 28.9 Å². The van der Waals surface area contributed by atoms with Gasteiger partial charge < -0.3 is 10.6 Å². The van der Waals surface area contributed by atoms with Gasteiger partial charge in [0.15, 0.2) is 0 Å². The van der Waals surface area contributed by atoms with Gasteiger partial charge in [-0.25, -0.2) is 0 Å². The minimum Gasteiger partial charge on any atom is -0.313 e. The van der Waals surface area contributed by atoms with Crippen molar-refractivity contribution < 1.29 is 0 Å². The van der Waals surface area contributed by atoms with Crippen molar-refractivity contribution in [2.45, 2.75) is 40.3 Å². The summed E-state index contributed by atoms with van der Waals surface area (Å²) in [6.07, 6.45) is 0. The lowest BCUT2D eigenvalue weighted by atomic mass is 10.2. The van der Waals surface area contributed by atoms with E-state index in [1.54, 1.807) is 0 Å². The fourth-order valence-electron chi connectivity index (χ4n) is 1.74. The maximum atomic E-state index is 4.40. The molecule has 0 aliphatic heterocycles. The summed E-state index contributed by atoms with van der Waals surface area (Å²) in [5.74, 6) is 0. The van der Waals surface area contributed by atoms with Crippen molar-refractivity contribution in [1.29, 1.82) is 0 Å². The molecule has 2 N–H and O–H groups in total. The smallest absolute Gasteiger partial charge is 0.0641 e. The second-order valence-corrected chi connectivity index (χ2v) is 4.56. The fraction of sp³-hybridized carbons (Fsp3) is 0.750. The zero-order valence-corrected chi connectivity index (χ0v) is 11.1. The van der Waals surface area contributed by atoms with Crippen LogP contribution in [-0.2, 0) is 13.6 Å². The zero-order chi connectivity index (χ0) is 12.1. The summed E-state index contributed by atoms with van der Waals surface area (Å²) in [4.78, 5) is 0. The van der Waals surface area contributed by atoms with Crippen molar-refractivity contribution in [2.75, 3.05) is 13.1 Å². The third kappa shape index (κ3) is 3.61. The molecule has 92 valence electrons. The van der Waals surface area contributed by atoms with Crippen LogP contribution in [0.25, 0.3) is 0 Å². The van der Waals surface area contributed by atoms with Crippen LogP contribution in [0.5, 0.6) is 0 Å².